The summed E-state index contributed by atoms with van der Waals surface area (Å²) < 4.78 is 0. The summed E-state index contributed by atoms with van der Waals surface area (Å²) >= 11 is 0. The first-order valence-electron chi connectivity index (χ1n) is 6.53. The lowest BCUT2D eigenvalue weighted by molar-refractivity contribution is 0.240. The van der Waals surface area contributed by atoms with Crippen LogP contribution in [0.25, 0.3) is 0 Å². The highest BCUT2D eigenvalue weighted by molar-refractivity contribution is 5.24. The SMILES string of the molecule is C=C1C2CCC(C2)[C@@]1(C)CCC=C(C)CO. The molecule has 2 bridgehead atoms. The molecule has 2 aliphatic rings. The predicted molar refractivity (Wildman–Crippen MR) is 68.2 cm³/mol. The number of rotatable bonds is 4. The smallest absolute Gasteiger partial charge is 0.0639 e. The van der Waals surface area contributed by atoms with Gasteiger partial charge < -0.3 is 5.11 Å². The lowest BCUT2D eigenvalue weighted by Crippen LogP contribution is -2.26. The molecule has 0 aromatic carbocycles. The molecule has 0 radical (unpaired) electrons. The lowest BCUT2D eigenvalue weighted by Gasteiger charge is -2.36. The zero-order chi connectivity index (χ0) is 11.8. The summed E-state index contributed by atoms with van der Waals surface area (Å²) in [5, 5.41) is 8.96. The lowest BCUT2D eigenvalue weighted by atomic mass is 9.69. The van der Waals surface area contributed by atoms with Gasteiger partial charge in [-0.05, 0) is 56.3 Å². The monoisotopic (exact) mass is 220 g/mol. The average molecular weight is 220 g/mol. The van der Waals surface area contributed by atoms with Crippen LogP contribution in [0.4, 0.5) is 0 Å². The number of hydrogen-bond donors (Lipinski definition) is 1. The van der Waals surface area contributed by atoms with Crippen molar-refractivity contribution in [1.29, 1.82) is 0 Å². The van der Waals surface area contributed by atoms with Gasteiger partial charge in [0.1, 0.15) is 0 Å². The van der Waals surface area contributed by atoms with E-state index in [-0.39, 0.29) is 6.61 Å². The zero-order valence-electron chi connectivity index (χ0n) is 10.6. The van der Waals surface area contributed by atoms with Crippen LogP contribution in [0.2, 0.25) is 0 Å². The Morgan fingerprint density at radius 1 is 1.56 bits per heavy atom. The normalized spacial score (nSPS) is 38.4. The number of hydrogen-bond acceptors (Lipinski definition) is 1. The van der Waals surface area contributed by atoms with Gasteiger partial charge in [-0.2, -0.15) is 0 Å². The first kappa shape index (κ1) is 11.9. The molecule has 16 heavy (non-hydrogen) atoms. The van der Waals surface area contributed by atoms with Crippen molar-refractivity contribution in [3.8, 4) is 0 Å². The third kappa shape index (κ3) is 1.86. The van der Waals surface area contributed by atoms with E-state index in [1.165, 1.54) is 31.3 Å². The minimum absolute atomic E-state index is 0.198. The van der Waals surface area contributed by atoms with E-state index in [0.29, 0.717) is 5.41 Å². The number of aliphatic hydroxyl groups excluding tert-OH is 1. The van der Waals surface area contributed by atoms with Crippen LogP contribution in [0.5, 0.6) is 0 Å². The molecule has 2 aliphatic carbocycles. The zero-order valence-corrected chi connectivity index (χ0v) is 10.6. The maximum atomic E-state index is 8.96. The Balaban J connectivity index is 1.96. The molecule has 0 heterocycles. The van der Waals surface area contributed by atoms with Gasteiger partial charge in [-0.15, -0.1) is 0 Å². The fourth-order valence-corrected chi connectivity index (χ4v) is 3.65. The van der Waals surface area contributed by atoms with Crippen molar-refractivity contribution in [3.63, 3.8) is 0 Å². The second-order valence-corrected chi connectivity index (χ2v) is 5.90. The molecule has 1 heteroatoms. The van der Waals surface area contributed by atoms with Crippen LogP contribution < -0.4 is 0 Å². The van der Waals surface area contributed by atoms with Gasteiger partial charge in [0.15, 0.2) is 0 Å². The number of allylic oxidation sites excluding steroid dienone is 2. The van der Waals surface area contributed by atoms with E-state index in [9.17, 15) is 0 Å². The minimum atomic E-state index is 0.198. The highest BCUT2D eigenvalue weighted by Crippen LogP contribution is 2.60. The van der Waals surface area contributed by atoms with Gasteiger partial charge in [-0.3, -0.25) is 0 Å². The maximum absolute atomic E-state index is 8.96. The molecule has 0 aromatic rings. The molecule has 2 saturated carbocycles. The quantitative estimate of drug-likeness (QED) is 0.716. The molecule has 90 valence electrons. The topological polar surface area (TPSA) is 20.2 Å². The van der Waals surface area contributed by atoms with Crippen molar-refractivity contribution < 1.29 is 5.11 Å². The summed E-state index contributed by atoms with van der Waals surface area (Å²) in [5.41, 5.74) is 2.99. The fourth-order valence-electron chi connectivity index (χ4n) is 3.65. The van der Waals surface area contributed by atoms with Crippen LogP contribution in [0.1, 0.15) is 46.0 Å². The van der Waals surface area contributed by atoms with Gasteiger partial charge >= 0.3 is 0 Å². The van der Waals surface area contributed by atoms with Crippen LogP contribution in [0.3, 0.4) is 0 Å². The highest BCUT2D eigenvalue weighted by atomic mass is 16.3. The molecule has 1 N–H and O–H groups in total. The Hall–Kier alpha value is -0.560. The maximum Gasteiger partial charge on any atom is 0.0639 e. The van der Waals surface area contributed by atoms with Gasteiger partial charge in [0.25, 0.3) is 0 Å². The van der Waals surface area contributed by atoms with Crippen LogP contribution in [-0.2, 0) is 0 Å². The fraction of sp³-hybridized carbons (Fsp3) is 0.733. The van der Waals surface area contributed by atoms with Gasteiger partial charge in [-0.1, -0.05) is 30.7 Å². The van der Waals surface area contributed by atoms with Crippen LogP contribution in [-0.4, -0.2) is 11.7 Å². The molecule has 1 nitrogen and oxygen atoms in total. The first-order chi connectivity index (χ1) is 7.58. The molecular formula is C15H24O. The van der Waals surface area contributed by atoms with Gasteiger partial charge in [-0.25, -0.2) is 0 Å². The van der Waals surface area contributed by atoms with E-state index in [1.54, 1.807) is 0 Å². The van der Waals surface area contributed by atoms with Crippen molar-refractivity contribution in [2.75, 3.05) is 6.61 Å². The minimum Gasteiger partial charge on any atom is -0.392 e. The molecule has 3 atom stereocenters. The molecule has 2 rings (SSSR count). The van der Waals surface area contributed by atoms with Gasteiger partial charge in [0.05, 0.1) is 6.61 Å². The molecule has 2 fully saturated rings. The van der Waals surface area contributed by atoms with E-state index in [2.05, 4.69) is 19.6 Å². The third-order valence-electron chi connectivity index (χ3n) is 4.97. The summed E-state index contributed by atoms with van der Waals surface area (Å²) in [6.45, 7) is 8.94. The summed E-state index contributed by atoms with van der Waals surface area (Å²) in [4.78, 5) is 0. The molecule has 0 aromatic heterocycles. The number of fused-ring (bicyclic) bond motifs is 2. The third-order valence-corrected chi connectivity index (χ3v) is 4.97. The Labute approximate surface area is 99.3 Å². The van der Waals surface area contributed by atoms with Crippen LogP contribution >= 0.6 is 0 Å². The van der Waals surface area contributed by atoms with Crippen LogP contribution in [0.15, 0.2) is 23.8 Å². The molecule has 0 amide bonds. The first-order valence-corrected chi connectivity index (χ1v) is 6.53. The summed E-state index contributed by atoms with van der Waals surface area (Å²) in [6.07, 6.45) is 8.66. The molecule has 0 aliphatic heterocycles. The Morgan fingerprint density at radius 3 is 2.88 bits per heavy atom. The van der Waals surface area contributed by atoms with E-state index < -0.39 is 0 Å². The van der Waals surface area contributed by atoms with Crippen molar-refractivity contribution >= 4 is 0 Å². The van der Waals surface area contributed by atoms with Crippen molar-refractivity contribution in [3.05, 3.63) is 23.8 Å². The Kier molecular flexibility index (Phi) is 3.25. The average Bonchev–Trinajstić information content (AvgIpc) is 2.83. The second-order valence-electron chi connectivity index (χ2n) is 5.90. The molecule has 2 unspecified atom stereocenters. The van der Waals surface area contributed by atoms with Crippen molar-refractivity contribution in [1.82, 2.24) is 0 Å². The summed E-state index contributed by atoms with van der Waals surface area (Å²) in [7, 11) is 0. The van der Waals surface area contributed by atoms with Crippen molar-refractivity contribution in [2.24, 2.45) is 17.3 Å². The molecule has 0 saturated heterocycles. The van der Waals surface area contributed by atoms with E-state index in [0.717, 1.165) is 23.8 Å². The van der Waals surface area contributed by atoms with E-state index in [4.69, 9.17) is 5.11 Å². The van der Waals surface area contributed by atoms with Gasteiger partial charge in [0.2, 0.25) is 0 Å². The van der Waals surface area contributed by atoms with E-state index in [1.807, 2.05) is 6.92 Å². The van der Waals surface area contributed by atoms with Crippen LogP contribution in [0, 0.1) is 17.3 Å². The molecule has 0 spiro atoms. The highest BCUT2D eigenvalue weighted by Gasteiger charge is 2.49. The largest absolute Gasteiger partial charge is 0.392 e. The second kappa shape index (κ2) is 4.37. The van der Waals surface area contributed by atoms with Crippen molar-refractivity contribution in [2.45, 2.75) is 46.0 Å². The summed E-state index contributed by atoms with van der Waals surface area (Å²) in [5.74, 6) is 1.70. The Morgan fingerprint density at radius 2 is 2.31 bits per heavy atom. The number of aliphatic hydroxyl groups is 1. The summed E-state index contributed by atoms with van der Waals surface area (Å²) in [6, 6.07) is 0. The standard InChI is InChI=1S/C15H24O/c1-11(10-16)5-4-8-15(3)12(2)13-6-7-14(15)9-13/h5,13-14,16H,2,4,6-10H2,1,3H3/t13?,14?,15-/m0/s1. The predicted octanol–water partition coefficient (Wildman–Crippen LogP) is 3.70. The Bertz CT molecular complexity index is 315. The van der Waals surface area contributed by atoms with Gasteiger partial charge in [0, 0.05) is 0 Å². The molecular weight excluding hydrogens is 196 g/mol. The van der Waals surface area contributed by atoms with E-state index >= 15 is 0 Å².